The maximum atomic E-state index is 2.28. The van der Waals surface area contributed by atoms with Crippen LogP contribution in [0.15, 0.2) is 42.5 Å². The molecular weight excluding hydrogens is 244 g/mol. The molecule has 2 heteroatoms. The fourth-order valence-electron chi connectivity index (χ4n) is 1.99. The van der Waals surface area contributed by atoms with Crippen molar-refractivity contribution in [3.8, 4) is 0 Å². The van der Waals surface area contributed by atoms with Crippen LogP contribution in [0.5, 0.6) is 0 Å². The van der Waals surface area contributed by atoms with Crippen LogP contribution in [0.2, 0.25) is 0 Å². The average Bonchev–Trinajstić information content (AvgIpc) is 2.38. The van der Waals surface area contributed by atoms with Gasteiger partial charge in [0.1, 0.15) is 0 Å². The summed E-state index contributed by atoms with van der Waals surface area (Å²) in [5, 5.41) is 2.75. The highest BCUT2D eigenvalue weighted by Crippen LogP contribution is 2.41. The van der Waals surface area contributed by atoms with Gasteiger partial charge in [0.25, 0.3) is 0 Å². The van der Waals surface area contributed by atoms with Crippen LogP contribution in [0.3, 0.4) is 0 Å². The molecule has 2 aromatic rings. The molecule has 0 fully saturated rings. The number of fused-ring (bicyclic) bond motifs is 1. The number of hydrogen-bond donors (Lipinski definition) is 0. The second-order valence-electron chi connectivity index (χ2n) is 3.81. The van der Waals surface area contributed by atoms with E-state index < -0.39 is 0 Å². The van der Waals surface area contributed by atoms with Crippen LogP contribution in [-0.2, 0) is 0 Å². The average molecular weight is 262 g/mol. The molecule has 90 valence electrons. The van der Waals surface area contributed by atoms with Gasteiger partial charge in [0.2, 0.25) is 0 Å². The van der Waals surface area contributed by atoms with E-state index in [-0.39, 0.29) is 0 Å². The predicted molar refractivity (Wildman–Crippen MR) is 83.0 cm³/mol. The lowest BCUT2D eigenvalue weighted by molar-refractivity contribution is 1.38. The minimum Gasteiger partial charge on any atom is -0.143 e. The van der Waals surface area contributed by atoms with Crippen LogP contribution in [0, 0.1) is 0 Å². The second-order valence-corrected chi connectivity index (χ2v) is 6.87. The first-order valence-electron chi connectivity index (χ1n) is 6.07. The van der Waals surface area contributed by atoms with E-state index in [1.165, 1.54) is 27.8 Å². The summed E-state index contributed by atoms with van der Waals surface area (Å²) in [6.45, 7) is 4.47. The van der Waals surface area contributed by atoms with Crippen LogP contribution in [-0.4, -0.2) is 11.5 Å². The highest BCUT2D eigenvalue weighted by molar-refractivity contribution is 8.16. The summed E-state index contributed by atoms with van der Waals surface area (Å²) in [5.41, 5.74) is 1.47. The zero-order chi connectivity index (χ0) is 12.1. The maximum Gasteiger partial charge on any atom is 0.0757 e. The highest BCUT2D eigenvalue weighted by atomic mass is 32.2. The van der Waals surface area contributed by atoms with E-state index in [1.54, 1.807) is 0 Å². The molecule has 0 aromatic heterocycles. The lowest BCUT2D eigenvalue weighted by atomic mass is 10.1. The Kier molecular flexibility index (Phi) is 4.81. The standard InChI is InChI=1S/C15H18S2/c1-3-16-15(17-4-2)14-11-7-9-12-8-5-6-10-13(12)14/h5-11,15H,3-4H2,1-2H3. The summed E-state index contributed by atoms with van der Waals surface area (Å²) < 4.78 is 0.566. The minimum atomic E-state index is 0.566. The van der Waals surface area contributed by atoms with E-state index >= 15 is 0 Å². The lowest BCUT2D eigenvalue weighted by Gasteiger charge is -2.17. The van der Waals surface area contributed by atoms with Crippen molar-refractivity contribution < 1.29 is 0 Å². The van der Waals surface area contributed by atoms with Crippen molar-refractivity contribution >= 4 is 34.3 Å². The molecule has 0 bridgehead atoms. The van der Waals surface area contributed by atoms with Gasteiger partial charge in [-0.15, -0.1) is 23.5 Å². The van der Waals surface area contributed by atoms with Crippen molar-refractivity contribution in [2.24, 2.45) is 0 Å². The van der Waals surface area contributed by atoms with Crippen molar-refractivity contribution in [3.63, 3.8) is 0 Å². The topological polar surface area (TPSA) is 0 Å². The Morgan fingerprint density at radius 1 is 0.882 bits per heavy atom. The smallest absolute Gasteiger partial charge is 0.0757 e. The quantitative estimate of drug-likeness (QED) is 0.667. The van der Waals surface area contributed by atoms with Crippen molar-refractivity contribution in [2.45, 2.75) is 18.4 Å². The van der Waals surface area contributed by atoms with Crippen molar-refractivity contribution in [1.82, 2.24) is 0 Å². The fourth-order valence-corrected chi connectivity index (χ4v) is 4.56. The molecule has 0 radical (unpaired) electrons. The number of thioether (sulfide) groups is 2. The maximum absolute atomic E-state index is 2.28. The summed E-state index contributed by atoms with van der Waals surface area (Å²) in [7, 11) is 0. The molecule has 0 saturated heterocycles. The summed E-state index contributed by atoms with van der Waals surface area (Å²) in [6.07, 6.45) is 0. The highest BCUT2D eigenvalue weighted by Gasteiger charge is 2.13. The molecule has 0 aliphatic carbocycles. The van der Waals surface area contributed by atoms with Gasteiger partial charge in [-0.2, -0.15) is 0 Å². The molecule has 0 amide bonds. The van der Waals surface area contributed by atoms with E-state index in [1.807, 2.05) is 23.5 Å². The Bertz CT molecular complexity index is 468. The monoisotopic (exact) mass is 262 g/mol. The van der Waals surface area contributed by atoms with Gasteiger partial charge in [-0.25, -0.2) is 0 Å². The molecule has 0 heterocycles. The molecule has 17 heavy (non-hydrogen) atoms. The molecule has 0 spiro atoms. The Hall–Kier alpha value is -0.600. The zero-order valence-electron chi connectivity index (χ0n) is 10.3. The van der Waals surface area contributed by atoms with Gasteiger partial charge < -0.3 is 0 Å². The number of rotatable bonds is 5. The molecule has 0 atom stereocenters. The van der Waals surface area contributed by atoms with Crippen LogP contribution in [0.1, 0.15) is 24.0 Å². The fraction of sp³-hybridized carbons (Fsp3) is 0.333. The lowest BCUT2D eigenvalue weighted by Crippen LogP contribution is -1.92. The Balaban J connectivity index is 2.44. The summed E-state index contributed by atoms with van der Waals surface area (Å²) >= 11 is 4.06. The van der Waals surface area contributed by atoms with Gasteiger partial charge in [-0.05, 0) is 27.8 Å². The van der Waals surface area contributed by atoms with Crippen LogP contribution >= 0.6 is 23.5 Å². The van der Waals surface area contributed by atoms with Gasteiger partial charge >= 0.3 is 0 Å². The van der Waals surface area contributed by atoms with Crippen LogP contribution < -0.4 is 0 Å². The molecule has 0 nitrogen and oxygen atoms in total. The Morgan fingerprint density at radius 2 is 1.53 bits per heavy atom. The van der Waals surface area contributed by atoms with E-state index in [4.69, 9.17) is 0 Å². The first-order valence-corrected chi connectivity index (χ1v) is 8.17. The van der Waals surface area contributed by atoms with E-state index in [9.17, 15) is 0 Å². The summed E-state index contributed by atoms with van der Waals surface area (Å²) in [6, 6.07) is 15.3. The summed E-state index contributed by atoms with van der Waals surface area (Å²) in [4.78, 5) is 0. The SMILES string of the molecule is CCSC(SCC)c1cccc2ccccc12. The van der Waals surface area contributed by atoms with Crippen molar-refractivity contribution in [2.75, 3.05) is 11.5 Å². The van der Waals surface area contributed by atoms with Crippen molar-refractivity contribution in [1.29, 1.82) is 0 Å². The molecule has 0 aliphatic heterocycles. The van der Waals surface area contributed by atoms with E-state index in [2.05, 4.69) is 56.3 Å². The summed E-state index contributed by atoms with van der Waals surface area (Å²) in [5.74, 6) is 2.34. The van der Waals surface area contributed by atoms with E-state index in [0.717, 1.165) is 0 Å². The third-order valence-corrected chi connectivity index (χ3v) is 5.31. The third-order valence-electron chi connectivity index (χ3n) is 2.71. The largest absolute Gasteiger partial charge is 0.143 e. The first-order chi connectivity index (χ1) is 8.36. The zero-order valence-corrected chi connectivity index (χ0v) is 12.0. The predicted octanol–water partition coefficient (Wildman–Crippen LogP) is 5.34. The molecule has 2 aromatic carbocycles. The second kappa shape index (κ2) is 6.36. The molecule has 0 N–H and O–H groups in total. The van der Waals surface area contributed by atoms with Gasteiger partial charge in [0.15, 0.2) is 0 Å². The Morgan fingerprint density at radius 3 is 2.24 bits per heavy atom. The Labute approximate surface area is 112 Å². The molecule has 0 aliphatic rings. The minimum absolute atomic E-state index is 0.566. The van der Waals surface area contributed by atoms with E-state index in [0.29, 0.717) is 4.58 Å². The first kappa shape index (κ1) is 12.8. The van der Waals surface area contributed by atoms with Gasteiger partial charge in [-0.1, -0.05) is 56.3 Å². The molecule has 0 unspecified atom stereocenters. The van der Waals surface area contributed by atoms with Crippen LogP contribution in [0.25, 0.3) is 10.8 Å². The van der Waals surface area contributed by atoms with Gasteiger partial charge in [-0.3, -0.25) is 0 Å². The van der Waals surface area contributed by atoms with Crippen molar-refractivity contribution in [3.05, 3.63) is 48.0 Å². The normalized spacial score (nSPS) is 11.2. The van der Waals surface area contributed by atoms with Gasteiger partial charge in [0, 0.05) is 0 Å². The molecule has 0 saturated carbocycles. The number of benzene rings is 2. The van der Waals surface area contributed by atoms with Gasteiger partial charge in [0.05, 0.1) is 4.58 Å². The third kappa shape index (κ3) is 2.99. The molecular formula is C15H18S2. The van der Waals surface area contributed by atoms with Crippen LogP contribution in [0.4, 0.5) is 0 Å². The number of hydrogen-bond acceptors (Lipinski definition) is 2. The molecule has 2 rings (SSSR count).